The van der Waals surface area contributed by atoms with Gasteiger partial charge in [0.2, 0.25) is 0 Å². The molecule has 0 amide bonds. The van der Waals surface area contributed by atoms with E-state index in [4.69, 9.17) is 5.73 Å². The molecule has 3 nitrogen and oxygen atoms in total. The Morgan fingerprint density at radius 1 is 1.40 bits per heavy atom. The molecule has 0 aromatic rings. The van der Waals surface area contributed by atoms with Gasteiger partial charge in [-0.1, -0.05) is 20.8 Å². The molecule has 1 aliphatic heterocycles. The molecule has 1 aliphatic rings. The van der Waals surface area contributed by atoms with Crippen molar-refractivity contribution in [2.75, 3.05) is 27.2 Å². The second-order valence-electron chi connectivity index (χ2n) is 4.41. The summed E-state index contributed by atoms with van der Waals surface area (Å²) in [5.74, 6) is 0. The molecular weight excluding hydrogens is 186 g/mol. The number of nitrogens with two attached hydrogens (primary N) is 1. The van der Waals surface area contributed by atoms with E-state index in [1.165, 1.54) is 6.42 Å². The smallest absolute Gasteiger partial charge is 0.0380 e. The molecule has 0 aromatic heterocycles. The first kappa shape index (κ1) is 14.9. The summed E-state index contributed by atoms with van der Waals surface area (Å²) >= 11 is 0. The first-order valence-corrected chi connectivity index (χ1v) is 6.22. The molecule has 94 valence electrons. The molecule has 2 N–H and O–H groups in total. The molecule has 1 heterocycles. The van der Waals surface area contributed by atoms with E-state index < -0.39 is 0 Å². The predicted octanol–water partition coefficient (Wildman–Crippen LogP) is 1.63. The lowest BCUT2D eigenvalue weighted by Gasteiger charge is -2.24. The first-order chi connectivity index (χ1) is 7.06. The van der Waals surface area contributed by atoms with E-state index in [0.29, 0.717) is 18.1 Å². The molecule has 0 saturated carbocycles. The number of likely N-dealkylation sites (tertiary alicyclic amines) is 1. The zero-order valence-electron chi connectivity index (χ0n) is 11.3. The number of hydrogen-bond donors (Lipinski definition) is 1. The fraction of sp³-hybridized carbons (Fsp3) is 1.00. The van der Waals surface area contributed by atoms with Crippen molar-refractivity contribution in [3.05, 3.63) is 0 Å². The molecule has 1 rings (SSSR count). The van der Waals surface area contributed by atoms with Crippen LogP contribution in [0.2, 0.25) is 0 Å². The van der Waals surface area contributed by atoms with Gasteiger partial charge >= 0.3 is 0 Å². The molecule has 0 aromatic carbocycles. The molecular formula is C12H31N3. The maximum atomic E-state index is 6.08. The number of rotatable bonds is 3. The highest BCUT2D eigenvalue weighted by Gasteiger charge is 2.32. The molecule has 15 heavy (non-hydrogen) atoms. The number of nitrogens with zero attached hydrogens (tertiary/aromatic N) is 2. The minimum atomic E-state index is 0. The lowest BCUT2D eigenvalue weighted by atomic mass is 10.2. The van der Waals surface area contributed by atoms with Gasteiger partial charge in [-0.3, -0.25) is 4.90 Å². The topological polar surface area (TPSA) is 32.5 Å². The summed E-state index contributed by atoms with van der Waals surface area (Å²) in [6, 6.07) is 1.54. The highest BCUT2D eigenvalue weighted by atomic mass is 15.3. The summed E-state index contributed by atoms with van der Waals surface area (Å²) in [6.45, 7) is 10.7. The summed E-state index contributed by atoms with van der Waals surface area (Å²) in [5, 5.41) is 0. The van der Waals surface area contributed by atoms with Crippen molar-refractivity contribution in [1.29, 1.82) is 0 Å². The molecule has 0 spiro atoms. The van der Waals surface area contributed by atoms with Crippen LogP contribution >= 0.6 is 0 Å². The zero-order chi connectivity index (χ0) is 12.0. The lowest BCUT2D eigenvalue weighted by Crippen LogP contribution is -2.43. The second-order valence-corrected chi connectivity index (χ2v) is 4.41. The van der Waals surface area contributed by atoms with Crippen LogP contribution in [-0.2, 0) is 0 Å². The maximum Gasteiger partial charge on any atom is 0.0380 e. The monoisotopic (exact) mass is 217 g/mol. The summed E-state index contributed by atoms with van der Waals surface area (Å²) in [7, 11) is 4.23. The molecule has 1 fully saturated rings. The Balaban J connectivity index is 0. The van der Waals surface area contributed by atoms with Crippen LogP contribution in [0.5, 0.6) is 0 Å². The van der Waals surface area contributed by atoms with Crippen molar-refractivity contribution in [2.24, 2.45) is 5.73 Å². The lowest BCUT2D eigenvalue weighted by molar-refractivity contribution is 0.222. The van der Waals surface area contributed by atoms with Crippen molar-refractivity contribution in [1.82, 2.24) is 9.80 Å². The highest BCUT2D eigenvalue weighted by molar-refractivity contribution is 4.93. The summed E-state index contributed by atoms with van der Waals surface area (Å²) in [5.41, 5.74) is 6.08. The van der Waals surface area contributed by atoms with Crippen LogP contribution in [0.3, 0.4) is 0 Å². The van der Waals surface area contributed by atoms with Crippen LogP contribution in [0, 0.1) is 0 Å². The third-order valence-electron chi connectivity index (χ3n) is 3.24. The Morgan fingerprint density at radius 3 is 2.27 bits per heavy atom. The molecule has 3 unspecified atom stereocenters. The Bertz CT molecular complexity index is 164. The standard InChI is InChI=1S/C10H23N3.C2H6.H2/c1-5-8(2)13-6-9(11)10(7-13)12(3)4;1-2;/h8-10H,5-7,11H2,1-4H3;1-2H3;1H. The Kier molecular flexibility index (Phi) is 7.14. The molecule has 3 heteroatoms. The normalized spacial score (nSPS) is 28.8. The SMILES string of the molecule is CC.CCC(C)N1CC(N)C(N(C)C)C1.[HH]. The Hall–Kier alpha value is -0.120. The van der Waals surface area contributed by atoms with Gasteiger partial charge in [0.15, 0.2) is 0 Å². The van der Waals surface area contributed by atoms with E-state index in [2.05, 4.69) is 37.7 Å². The van der Waals surface area contributed by atoms with Gasteiger partial charge in [-0.05, 0) is 27.4 Å². The minimum absolute atomic E-state index is 0. The fourth-order valence-corrected chi connectivity index (χ4v) is 2.01. The van der Waals surface area contributed by atoms with Gasteiger partial charge in [0.05, 0.1) is 0 Å². The quantitative estimate of drug-likeness (QED) is 0.780. The molecule has 0 bridgehead atoms. The average Bonchev–Trinajstić information content (AvgIpc) is 2.62. The van der Waals surface area contributed by atoms with E-state index in [9.17, 15) is 0 Å². The van der Waals surface area contributed by atoms with Crippen LogP contribution in [0.1, 0.15) is 35.5 Å². The van der Waals surface area contributed by atoms with Crippen molar-refractivity contribution in [2.45, 2.75) is 52.2 Å². The van der Waals surface area contributed by atoms with Gasteiger partial charge < -0.3 is 10.6 Å². The van der Waals surface area contributed by atoms with Crippen molar-refractivity contribution >= 4 is 0 Å². The third-order valence-corrected chi connectivity index (χ3v) is 3.24. The average molecular weight is 217 g/mol. The van der Waals surface area contributed by atoms with Crippen LogP contribution < -0.4 is 5.73 Å². The fourth-order valence-electron chi connectivity index (χ4n) is 2.01. The van der Waals surface area contributed by atoms with Gasteiger partial charge in [-0.25, -0.2) is 0 Å². The first-order valence-electron chi connectivity index (χ1n) is 6.22. The van der Waals surface area contributed by atoms with Crippen molar-refractivity contribution in [3.63, 3.8) is 0 Å². The predicted molar refractivity (Wildman–Crippen MR) is 70.2 cm³/mol. The highest BCUT2D eigenvalue weighted by Crippen LogP contribution is 2.16. The third kappa shape index (κ3) is 4.09. The summed E-state index contributed by atoms with van der Waals surface area (Å²) in [4.78, 5) is 4.74. The van der Waals surface area contributed by atoms with Gasteiger partial charge in [0, 0.05) is 32.6 Å². The molecule has 1 saturated heterocycles. The number of likely N-dealkylation sites (N-methyl/N-ethyl adjacent to an activating group) is 1. The largest absolute Gasteiger partial charge is 0.325 e. The minimum Gasteiger partial charge on any atom is -0.325 e. The maximum absolute atomic E-state index is 6.08. The van der Waals surface area contributed by atoms with Crippen LogP contribution in [0.4, 0.5) is 0 Å². The molecule has 0 aliphatic carbocycles. The van der Waals surface area contributed by atoms with Crippen LogP contribution in [0.15, 0.2) is 0 Å². The van der Waals surface area contributed by atoms with Crippen LogP contribution in [-0.4, -0.2) is 55.1 Å². The van der Waals surface area contributed by atoms with Crippen molar-refractivity contribution in [3.8, 4) is 0 Å². The van der Waals surface area contributed by atoms with E-state index >= 15 is 0 Å². The van der Waals surface area contributed by atoms with E-state index in [1.54, 1.807) is 0 Å². The van der Waals surface area contributed by atoms with Gasteiger partial charge in [0.25, 0.3) is 0 Å². The Morgan fingerprint density at radius 2 is 1.93 bits per heavy atom. The number of hydrogen-bond acceptors (Lipinski definition) is 3. The molecule has 0 radical (unpaired) electrons. The van der Waals surface area contributed by atoms with Gasteiger partial charge in [-0.15, -0.1) is 0 Å². The zero-order valence-corrected chi connectivity index (χ0v) is 11.3. The summed E-state index contributed by atoms with van der Waals surface area (Å²) < 4.78 is 0. The molecule has 3 atom stereocenters. The summed E-state index contributed by atoms with van der Waals surface area (Å²) in [6.07, 6.45) is 1.22. The van der Waals surface area contributed by atoms with Crippen LogP contribution in [0.25, 0.3) is 0 Å². The van der Waals surface area contributed by atoms with E-state index in [1.807, 2.05) is 13.8 Å². The van der Waals surface area contributed by atoms with Crippen molar-refractivity contribution < 1.29 is 1.43 Å². The Labute approximate surface area is 97.1 Å². The second kappa shape index (κ2) is 7.20. The van der Waals surface area contributed by atoms with E-state index in [-0.39, 0.29) is 1.43 Å². The van der Waals surface area contributed by atoms with Gasteiger partial charge in [0.1, 0.15) is 0 Å². The van der Waals surface area contributed by atoms with Gasteiger partial charge in [-0.2, -0.15) is 0 Å². The van der Waals surface area contributed by atoms with E-state index in [0.717, 1.165) is 13.1 Å².